The number of hydrogen-bond donors (Lipinski definition) is 1. The third-order valence-electron chi connectivity index (χ3n) is 6.27. The molecule has 1 atom stereocenters. The number of halogens is 1. The summed E-state index contributed by atoms with van der Waals surface area (Å²) in [6.07, 6.45) is 2.73. The van der Waals surface area contributed by atoms with E-state index in [2.05, 4.69) is 20.1 Å². The summed E-state index contributed by atoms with van der Waals surface area (Å²) in [4.78, 5) is 18.7. The van der Waals surface area contributed by atoms with Gasteiger partial charge in [-0.3, -0.25) is 9.88 Å². The van der Waals surface area contributed by atoms with Crippen LogP contribution < -0.4 is 15.0 Å². The largest absolute Gasteiger partial charge is 0.497 e. The average molecular weight is 453 g/mol. The molecule has 2 aliphatic rings. The highest BCUT2D eigenvalue weighted by Crippen LogP contribution is 2.28. The summed E-state index contributed by atoms with van der Waals surface area (Å²) in [6.45, 7) is 7.17. The van der Waals surface area contributed by atoms with E-state index in [1.54, 1.807) is 25.4 Å². The van der Waals surface area contributed by atoms with E-state index in [0.717, 1.165) is 67.6 Å². The Morgan fingerprint density at radius 1 is 1.15 bits per heavy atom. The SMILES string of the molecule is COc1ccc(CN2CCN(c3nc4cc(C)ncc4nc3NC3CCOC3)CC2)c(F)c1. The van der Waals surface area contributed by atoms with E-state index in [1.807, 2.05) is 13.0 Å². The van der Waals surface area contributed by atoms with Crippen molar-refractivity contribution in [3.8, 4) is 5.75 Å². The predicted octanol–water partition coefficient (Wildman–Crippen LogP) is 3.00. The van der Waals surface area contributed by atoms with Crippen molar-refractivity contribution in [2.45, 2.75) is 25.9 Å². The molecule has 1 unspecified atom stereocenters. The van der Waals surface area contributed by atoms with Crippen molar-refractivity contribution in [2.24, 2.45) is 0 Å². The van der Waals surface area contributed by atoms with Gasteiger partial charge in [0.05, 0.1) is 31.5 Å². The first-order valence-electron chi connectivity index (χ1n) is 11.4. The van der Waals surface area contributed by atoms with Crippen molar-refractivity contribution >= 4 is 22.7 Å². The molecular weight excluding hydrogens is 423 g/mol. The van der Waals surface area contributed by atoms with E-state index in [4.69, 9.17) is 19.4 Å². The average Bonchev–Trinajstić information content (AvgIpc) is 3.34. The quantitative estimate of drug-likeness (QED) is 0.612. The van der Waals surface area contributed by atoms with Gasteiger partial charge < -0.3 is 19.7 Å². The summed E-state index contributed by atoms with van der Waals surface area (Å²) in [5, 5.41) is 3.54. The van der Waals surface area contributed by atoms with Crippen LogP contribution >= 0.6 is 0 Å². The van der Waals surface area contributed by atoms with Crippen LogP contribution in [0.3, 0.4) is 0 Å². The second-order valence-electron chi connectivity index (χ2n) is 8.64. The number of ether oxygens (including phenoxy) is 2. The van der Waals surface area contributed by atoms with Gasteiger partial charge in [-0.05, 0) is 25.5 Å². The van der Waals surface area contributed by atoms with Gasteiger partial charge in [-0.25, -0.2) is 14.4 Å². The van der Waals surface area contributed by atoms with E-state index in [1.165, 1.54) is 6.07 Å². The molecule has 2 aliphatic heterocycles. The van der Waals surface area contributed by atoms with Gasteiger partial charge >= 0.3 is 0 Å². The van der Waals surface area contributed by atoms with Gasteiger partial charge in [-0.1, -0.05) is 6.07 Å². The number of rotatable bonds is 6. The summed E-state index contributed by atoms with van der Waals surface area (Å²) in [6, 6.07) is 7.25. The van der Waals surface area contributed by atoms with Crippen LogP contribution in [0.15, 0.2) is 30.5 Å². The number of anilines is 2. The Labute approximate surface area is 192 Å². The zero-order valence-corrected chi connectivity index (χ0v) is 19.1. The smallest absolute Gasteiger partial charge is 0.172 e. The highest BCUT2D eigenvalue weighted by Gasteiger charge is 2.25. The van der Waals surface area contributed by atoms with Crippen LogP contribution in [0.5, 0.6) is 5.75 Å². The molecule has 0 saturated carbocycles. The zero-order valence-electron chi connectivity index (χ0n) is 19.1. The van der Waals surface area contributed by atoms with Crippen molar-refractivity contribution in [3.05, 3.63) is 47.5 Å². The van der Waals surface area contributed by atoms with E-state index in [9.17, 15) is 4.39 Å². The minimum atomic E-state index is -0.230. The van der Waals surface area contributed by atoms with Gasteiger partial charge in [0.1, 0.15) is 17.1 Å². The fourth-order valence-electron chi connectivity index (χ4n) is 4.35. The summed E-state index contributed by atoms with van der Waals surface area (Å²) in [5.41, 5.74) is 3.22. The van der Waals surface area contributed by atoms with Gasteiger partial charge in [0.15, 0.2) is 11.6 Å². The van der Waals surface area contributed by atoms with E-state index >= 15 is 0 Å². The number of pyridine rings is 1. The molecule has 5 rings (SSSR count). The molecule has 9 heteroatoms. The molecule has 1 aromatic carbocycles. The van der Waals surface area contributed by atoms with Crippen molar-refractivity contribution in [3.63, 3.8) is 0 Å². The Kier molecular flexibility index (Phi) is 6.24. The first-order chi connectivity index (χ1) is 16.1. The monoisotopic (exact) mass is 452 g/mol. The van der Waals surface area contributed by atoms with E-state index in [0.29, 0.717) is 24.5 Å². The zero-order chi connectivity index (χ0) is 22.8. The normalized spacial score (nSPS) is 19.2. The summed E-state index contributed by atoms with van der Waals surface area (Å²) in [5.74, 6) is 1.94. The Bertz CT molecular complexity index is 1130. The number of piperazine rings is 1. The maximum atomic E-state index is 14.4. The van der Waals surface area contributed by atoms with Crippen LogP contribution in [-0.4, -0.2) is 72.4 Å². The molecule has 0 aliphatic carbocycles. The standard InChI is InChI=1S/C24H29FN6O2/c1-16-11-21-22(13-26-16)28-23(27-18-5-10-33-15-18)24(29-21)31-8-6-30(7-9-31)14-17-3-4-19(32-2)12-20(17)25/h3-4,11-13,18H,5-10,14-15H2,1-2H3,(H,27,28). The fourth-order valence-corrected chi connectivity index (χ4v) is 4.35. The topological polar surface area (TPSA) is 75.6 Å². The molecule has 3 aromatic rings. The number of nitrogens with zero attached hydrogens (tertiary/aromatic N) is 5. The molecule has 33 heavy (non-hydrogen) atoms. The van der Waals surface area contributed by atoms with Crippen LogP contribution in [0.1, 0.15) is 17.7 Å². The van der Waals surface area contributed by atoms with Crippen LogP contribution in [0, 0.1) is 12.7 Å². The highest BCUT2D eigenvalue weighted by atomic mass is 19.1. The molecule has 2 saturated heterocycles. The number of aromatic nitrogens is 3. The third-order valence-corrected chi connectivity index (χ3v) is 6.27. The second-order valence-corrected chi connectivity index (χ2v) is 8.64. The first-order valence-corrected chi connectivity index (χ1v) is 11.4. The minimum Gasteiger partial charge on any atom is -0.497 e. The van der Waals surface area contributed by atoms with Crippen LogP contribution in [0.4, 0.5) is 16.0 Å². The number of fused-ring (bicyclic) bond motifs is 1. The van der Waals surface area contributed by atoms with Crippen molar-refractivity contribution < 1.29 is 13.9 Å². The van der Waals surface area contributed by atoms with Crippen LogP contribution in [0.25, 0.3) is 11.0 Å². The third kappa shape index (κ3) is 4.84. The van der Waals surface area contributed by atoms with Gasteiger partial charge in [0.25, 0.3) is 0 Å². The summed E-state index contributed by atoms with van der Waals surface area (Å²) < 4.78 is 25.0. The lowest BCUT2D eigenvalue weighted by molar-refractivity contribution is 0.195. The minimum absolute atomic E-state index is 0.230. The van der Waals surface area contributed by atoms with Gasteiger partial charge in [0.2, 0.25) is 0 Å². The number of aryl methyl sites for hydroxylation is 1. The van der Waals surface area contributed by atoms with Crippen molar-refractivity contribution in [2.75, 3.05) is 56.7 Å². The number of methoxy groups -OCH3 is 1. The molecule has 0 bridgehead atoms. The van der Waals surface area contributed by atoms with Gasteiger partial charge in [0, 0.05) is 56.7 Å². The number of nitrogens with one attached hydrogen (secondary N) is 1. The molecule has 4 heterocycles. The number of hydrogen-bond acceptors (Lipinski definition) is 8. The summed E-state index contributed by atoms with van der Waals surface area (Å²) >= 11 is 0. The molecule has 8 nitrogen and oxygen atoms in total. The lowest BCUT2D eigenvalue weighted by Crippen LogP contribution is -2.46. The highest BCUT2D eigenvalue weighted by molar-refractivity contribution is 5.80. The van der Waals surface area contributed by atoms with E-state index in [-0.39, 0.29) is 11.9 Å². The molecule has 0 radical (unpaired) electrons. The lowest BCUT2D eigenvalue weighted by Gasteiger charge is -2.36. The Balaban J connectivity index is 1.33. The van der Waals surface area contributed by atoms with Gasteiger partial charge in [-0.15, -0.1) is 0 Å². The Morgan fingerprint density at radius 3 is 2.73 bits per heavy atom. The summed E-state index contributed by atoms with van der Waals surface area (Å²) in [7, 11) is 1.55. The second kappa shape index (κ2) is 9.44. The van der Waals surface area contributed by atoms with Crippen LogP contribution in [0.2, 0.25) is 0 Å². The fraction of sp³-hybridized carbons (Fsp3) is 0.458. The predicted molar refractivity (Wildman–Crippen MR) is 125 cm³/mol. The van der Waals surface area contributed by atoms with Crippen LogP contribution in [-0.2, 0) is 11.3 Å². The number of benzene rings is 1. The molecule has 2 aromatic heterocycles. The van der Waals surface area contributed by atoms with Crippen molar-refractivity contribution in [1.82, 2.24) is 19.9 Å². The molecule has 0 amide bonds. The van der Waals surface area contributed by atoms with Crippen molar-refractivity contribution in [1.29, 1.82) is 0 Å². The first kappa shape index (κ1) is 21.8. The molecule has 2 fully saturated rings. The lowest BCUT2D eigenvalue weighted by atomic mass is 10.1. The Hall–Kier alpha value is -3.04. The van der Waals surface area contributed by atoms with E-state index < -0.39 is 0 Å². The molecule has 0 spiro atoms. The Morgan fingerprint density at radius 2 is 2.00 bits per heavy atom. The van der Waals surface area contributed by atoms with Gasteiger partial charge in [-0.2, -0.15) is 0 Å². The maximum absolute atomic E-state index is 14.4. The molecule has 1 N–H and O–H groups in total. The maximum Gasteiger partial charge on any atom is 0.172 e. The molecule has 174 valence electrons. The molecular formula is C24H29FN6O2.